The molecule has 0 saturated carbocycles. The lowest BCUT2D eigenvalue weighted by atomic mass is 9.79. The van der Waals surface area contributed by atoms with Crippen LogP contribution in [0.1, 0.15) is 76.6 Å². The molecule has 15 heteroatoms. The van der Waals surface area contributed by atoms with Crippen molar-refractivity contribution < 1.29 is 63.2 Å². The van der Waals surface area contributed by atoms with Crippen molar-refractivity contribution in [3.8, 4) is 23.0 Å². The highest BCUT2D eigenvalue weighted by Crippen LogP contribution is 2.41. The average Bonchev–Trinajstić information content (AvgIpc) is 3.27. The monoisotopic (exact) mass is 930 g/mol. The minimum Gasteiger partial charge on any atom is -0.508 e. The van der Waals surface area contributed by atoms with Crippen LogP contribution in [0.4, 0.5) is 0 Å². The first-order valence-electron chi connectivity index (χ1n) is 21.8. The van der Waals surface area contributed by atoms with Gasteiger partial charge >= 0.3 is 11.3 Å². The van der Waals surface area contributed by atoms with Crippen molar-refractivity contribution >= 4 is 33.1 Å². The molecule has 0 bridgehead atoms. The Labute approximate surface area is 390 Å². The number of aliphatic hydroxyl groups is 5. The molecular weight excluding hydrogens is 865 g/mol. The zero-order chi connectivity index (χ0) is 50.3. The van der Waals surface area contributed by atoms with E-state index in [-0.39, 0.29) is 41.9 Å². The van der Waals surface area contributed by atoms with Gasteiger partial charge in [0.05, 0.1) is 34.2 Å². The van der Waals surface area contributed by atoms with Gasteiger partial charge in [0.2, 0.25) is 6.29 Å². The summed E-state index contributed by atoms with van der Waals surface area (Å²) < 4.78 is 39.7. The molecule has 364 valence electrons. The van der Waals surface area contributed by atoms with E-state index in [0.717, 1.165) is 0 Å². The summed E-state index contributed by atoms with van der Waals surface area (Å²) in [6.07, 6.45) is 0.573. The maximum atomic E-state index is 12.7. The van der Waals surface area contributed by atoms with Crippen LogP contribution in [-0.4, -0.2) is 92.1 Å². The maximum absolute atomic E-state index is 12.7. The largest absolute Gasteiger partial charge is 0.508 e. The van der Waals surface area contributed by atoms with Crippen LogP contribution in [0.3, 0.4) is 0 Å². The predicted octanol–water partition coefficient (Wildman–Crippen LogP) is 7.56. The van der Waals surface area contributed by atoms with Gasteiger partial charge in [0, 0.05) is 23.0 Å². The van der Waals surface area contributed by atoms with Gasteiger partial charge in [0.1, 0.15) is 70.7 Å². The molecule has 0 spiro atoms. The van der Waals surface area contributed by atoms with Crippen LogP contribution in [0.25, 0.3) is 33.1 Å². The Morgan fingerprint density at radius 3 is 1.54 bits per heavy atom. The Kier molecular flexibility index (Phi) is 18.0. The molecule has 2 unspecified atom stereocenters. The first kappa shape index (κ1) is 53.8. The summed E-state index contributed by atoms with van der Waals surface area (Å²) in [5.74, 6) is 0.588. The highest BCUT2D eigenvalue weighted by atomic mass is 16.7. The molecule has 2 saturated heterocycles. The number of aromatic hydroxyl groups is 1. The molecule has 4 heterocycles. The van der Waals surface area contributed by atoms with Gasteiger partial charge < -0.3 is 63.2 Å². The second-order valence-electron chi connectivity index (χ2n) is 17.4. The highest BCUT2D eigenvalue weighted by Gasteiger charge is 2.50. The molecule has 2 aromatic carbocycles. The number of aliphatic hydroxyl groups excluding tert-OH is 5. The molecule has 2 fully saturated rings. The standard InChI is InChI=1S/C26H32O7.C16H16O4.C10H18O4/c1-8-12-26(7)16(6)20(27)21(28)25(33-26)31-18-11-10-17-22(15(18)5)32-24(29)19(14(3)4)23(17)30-13-9-2;1-5-8-19-15-11-6-7-12(17)10(4)14(11)20-16(18)13(15)9(2)3;1-4-5-10(3)6(2)7(11)8(12)9(13)14-10/h8-11,16,20-21,25,27-28H,1-3,12-13H2,4-7H3;5-7,17H,1-2,8H2,3-4H3;4,6-9,11-13H,1,5H2,2-3H3/t16-,20-,21-,25?,26+;;6-,7-,8-,9?,10+/m1.1/s1. The molecule has 2 aliphatic heterocycles. The van der Waals surface area contributed by atoms with Gasteiger partial charge in [0.25, 0.3) is 0 Å². The number of phenols is 1. The van der Waals surface area contributed by atoms with Crippen molar-refractivity contribution in [2.75, 3.05) is 13.2 Å². The SMILES string of the molecule is C=CCOc1c(C(=C)C)c(=O)oc2c(C)c(O)ccc12.C=CCOc1c(C(=C)C)c(=O)oc2c(C)c(OC3O[C@@](C)(CC=C)[C@H](C)[C@@H](O)[C@H]3O)ccc12.C=CC[C@]1(C)OC(O)[C@H](O)[C@H](O)[C@H]1C. The Balaban J connectivity index is 0.000000244. The van der Waals surface area contributed by atoms with E-state index >= 15 is 0 Å². The van der Waals surface area contributed by atoms with E-state index in [1.807, 2.05) is 13.8 Å². The molecule has 10 atom stereocenters. The van der Waals surface area contributed by atoms with Crippen molar-refractivity contribution in [3.63, 3.8) is 0 Å². The summed E-state index contributed by atoms with van der Waals surface area (Å²) in [6, 6.07) is 6.60. The second kappa shape index (κ2) is 22.3. The molecule has 0 radical (unpaired) electrons. The molecular formula is C52H66O15. The van der Waals surface area contributed by atoms with Gasteiger partial charge in [-0.1, -0.05) is 64.5 Å². The van der Waals surface area contributed by atoms with Crippen molar-refractivity contribution in [3.05, 3.63) is 131 Å². The topological polar surface area (TPSA) is 228 Å². The number of aryl methyl sites for hydroxylation is 2. The minimum atomic E-state index is -1.33. The van der Waals surface area contributed by atoms with Crippen LogP contribution in [0.15, 0.2) is 106 Å². The Morgan fingerprint density at radius 2 is 1.09 bits per heavy atom. The zero-order valence-corrected chi connectivity index (χ0v) is 39.7. The fourth-order valence-corrected chi connectivity index (χ4v) is 7.96. The lowest BCUT2D eigenvalue weighted by Gasteiger charge is -2.47. The van der Waals surface area contributed by atoms with Crippen molar-refractivity contribution in [1.82, 2.24) is 0 Å². The van der Waals surface area contributed by atoms with E-state index < -0.39 is 59.4 Å². The third-order valence-electron chi connectivity index (χ3n) is 12.4. The summed E-state index contributed by atoms with van der Waals surface area (Å²) >= 11 is 0. The van der Waals surface area contributed by atoms with Crippen LogP contribution in [-0.2, 0) is 9.47 Å². The molecule has 67 heavy (non-hydrogen) atoms. The average molecular weight is 931 g/mol. The molecule has 0 amide bonds. The Morgan fingerprint density at radius 1 is 0.657 bits per heavy atom. The van der Waals surface area contributed by atoms with Crippen LogP contribution >= 0.6 is 0 Å². The maximum Gasteiger partial charge on any atom is 0.347 e. The normalized spacial score (nSPS) is 26.8. The third-order valence-corrected chi connectivity index (χ3v) is 12.4. The smallest absolute Gasteiger partial charge is 0.347 e. The van der Waals surface area contributed by atoms with E-state index in [4.69, 9.17) is 32.5 Å². The van der Waals surface area contributed by atoms with Gasteiger partial charge in [-0.2, -0.15) is 0 Å². The first-order valence-corrected chi connectivity index (χ1v) is 21.8. The number of hydrogen-bond donors (Lipinski definition) is 6. The van der Waals surface area contributed by atoms with E-state index in [2.05, 4.69) is 39.5 Å². The number of ether oxygens (including phenoxy) is 5. The zero-order valence-electron chi connectivity index (χ0n) is 39.7. The summed E-state index contributed by atoms with van der Waals surface area (Å²) in [7, 11) is 0. The number of benzene rings is 2. The summed E-state index contributed by atoms with van der Waals surface area (Å²) in [4.78, 5) is 24.8. The number of fused-ring (bicyclic) bond motifs is 2. The van der Waals surface area contributed by atoms with Crippen LogP contribution in [0.2, 0.25) is 0 Å². The molecule has 6 N–H and O–H groups in total. The number of phenolic OH excluding ortho intramolecular Hbond substituents is 1. The van der Waals surface area contributed by atoms with Crippen LogP contribution in [0.5, 0.6) is 23.0 Å². The first-order chi connectivity index (χ1) is 31.4. The molecule has 2 aliphatic rings. The fraction of sp³-hybridized carbons (Fsp3) is 0.423. The van der Waals surface area contributed by atoms with E-state index in [1.54, 1.807) is 90.1 Å². The summed E-state index contributed by atoms with van der Waals surface area (Å²) in [5.41, 5.74) is 0.732. The van der Waals surface area contributed by atoms with Gasteiger partial charge in [-0.05, 0) is 89.8 Å². The minimum absolute atomic E-state index is 0.0680. The number of allylic oxidation sites excluding steroid dienone is 2. The van der Waals surface area contributed by atoms with Gasteiger partial charge in [0.15, 0.2) is 6.29 Å². The molecule has 6 rings (SSSR count). The third kappa shape index (κ3) is 11.3. The van der Waals surface area contributed by atoms with Crippen LogP contribution in [0, 0.1) is 25.7 Å². The number of rotatable bonds is 14. The lowest BCUT2D eigenvalue weighted by Crippen LogP contribution is -2.60. The summed E-state index contributed by atoms with van der Waals surface area (Å²) in [6.45, 7) is 36.8. The quantitative estimate of drug-likeness (QED) is 0.0530. The molecule has 2 aromatic heterocycles. The highest BCUT2D eigenvalue weighted by molar-refractivity contribution is 5.92. The number of hydrogen-bond acceptors (Lipinski definition) is 15. The van der Waals surface area contributed by atoms with E-state index in [1.165, 1.54) is 0 Å². The van der Waals surface area contributed by atoms with E-state index in [0.29, 0.717) is 74.3 Å². The van der Waals surface area contributed by atoms with Gasteiger partial charge in [-0.15, -0.1) is 13.2 Å². The summed E-state index contributed by atoms with van der Waals surface area (Å²) in [5, 5.41) is 60.5. The molecule has 0 aliphatic carbocycles. The van der Waals surface area contributed by atoms with Crippen molar-refractivity contribution in [2.24, 2.45) is 11.8 Å². The second-order valence-corrected chi connectivity index (χ2v) is 17.4. The molecule has 4 aromatic rings. The Hall–Kier alpha value is -5.78. The van der Waals surface area contributed by atoms with Crippen LogP contribution < -0.4 is 25.5 Å². The molecule has 15 nitrogen and oxygen atoms in total. The van der Waals surface area contributed by atoms with E-state index in [9.17, 15) is 40.2 Å². The van der Waals surface area contributed by atoms with Gasteiger partial charge in [-0.25, -0.2) is 9.59 Å². The fourth-order valence-electron chi connectivity index (χ4n) is 7.96. The predicted molar refractivity (Wildman–Crippen MR) is 258 cm³/mol. The van der Waals surface area contributed by atoms with Gasteiger partial charge in [-0.3, -0.25) is 0 Å². The Bertz CT molecular complexity index is 2610. The van der Waals surface area contributed by atoms with Crippen molar-refractivity contribution in [1.29, 1.82) is 0 Å². The van der Waals surface area contributed by atoms with Crippen molar-refractivity contribution in [2.45, 2.75) is 116 Å². The lowest BCUT2D eigenvalue weighted by molar-refractivity contribution is -0.298.